The highest BCUT2D eigenvalue weighted by atomic mass is 16.2. The van der Waals surface area contributed by atoms with Crippen LogP contribution in [-0.4, -0.2) is 23.3 Å². The lowest BCUT2D eigenvalue weighted by Gasteiger charge is -2.09. The van der Waals surface area contributed by atoms with E-state index in [9.17, 15) is 9.59 Å². The third-order valence-corrected chi connectivity index (χ3v) is 3.96. The first-order valence-corrected chi connectivity index (χ1v) is 8.54. The molecule has 1 heterocycles. The molecule has 0 fully saturated rings. The molecule has 0 aliphatic heterocycles. The van der Waals surface area contributed by atoms with Gasteiger partial charge in [0.05, 0.1) is 0 Å². The largest absolute Gasteiger partial charge is 0.351 e. The molecule has 1 aromatic carbocycles. The van der Waals surface area contributed by atoms with Crippen molar-refractivity contribution in [2.24, 2.45) is 5.92 Å². The third-order valence-electron chi connectivity index (χ3n) is 3.96. The molecule has 0 radical (unpaired) electrons. The minimum absolute atomic E-state index is 0.220. The lowest BCUT2D eigenvalue weighted by Crippen LogP contribution is -2.27. The van der Waals surface area contributed by atoms with Crippen LogP contribution in [0.3, 0.4) is 0 Å². The highest BCUT2D eigenvalue weighted by Crippen LogP contribution is 2.08. The van der Waals surface area contributed by atoms with Gasteiger partial charge in [-0.15, -0.1) is 0 Å². The smallest absolute Gasteiger partial charge is 0.269 e. The van der Waals surface area contributed by atoms with E-state index in [2.05, 4.69) is 29.5 Å². The number of hydrogen-bond donors (Lipinski definition) is 2. The van der Waals surface area contributed by atoms with Crippen LogP contribution in [0.1, 0.15) is 52.2 Å². The van der Waals surface area contributed by atoms with Crippen LogP contribution < -0.4 is 10.6 Å². The van der Waals surface area contributed by atoms with E-state index in [-0.39, 0.29) is 17.5 Å². The van der Waals surface area contributed by atoms with Crippen molar-refractivity contribution in [2.45, 2.75) is 33.7 Å². The average Bonchev–Trinajstić information content (AvgIpc) is 2.60. The standard InChI is InChI=1S/C20H25N3O2/c1-14(2)8-10-22-20(25)18-12-16(9-11-21-18)19(24)23-13-17-7-5-4-6-15(17)3/h4-7,9,11-12,14H,8,10,13H2,1-3H3,(H,22,25)(H,23,24). The minimum atomic E-state index is -0.255. The molecule has 1 aromatic heterocycles. The number of rotatable bonds is 7. The Morgan fingerprint density at radius 2 is 1.84 bits per heavy atom. The van der Waals surface area contributed by atoms with Crippen molar-refractivity contribution < 1.29 is 9.59 Å². The van der Waals surface area contributed by atoms with Gasteiger partial charge in [0, 0.05) is 24.8 Å². The molecule has 0 saturated carbocycles. The summed E-state index contributed by atoms with van der Waals surface area (Å²) >= 11 is 0. The van der Waals surface area contributed by atoms with Gasteiger partial charge in [0.15, 0.2) is 0 Å². The zero-order valence-electron chi connectivity index (χ0n) is 15.0. The summed E-state index contributed by atoms with van der Waals surface area (Å²) < 4.78 is 0. The van der Waals surface area contributed by atoms with Crippen LogP contribution in [-0.2, 0) is 6.54 Å². The zero-order valence-corrected chi connectivity index (χ0v) is 15.0. The van der Waals surface area contributed by atoms with Crippen molar-refractivity contribution in [1.82, 2.24) is 15.6 Å². The Hall–Kier alpha value is -2.69. The summed E-state index contributed by atoms with van der Waals surface area (Å²) in [6, 6.07) is 11.0. The molecule has 0 aliphatic rings. The maximum atomic E-state index is 12.3. The number of aryl methyl sites for hydroxylation is 1. The number of pyridine rings is 1. The number of hydrogen-bond acceptors (Lipinski definition) is 3. The molecule has 2 N–H and O–H groups in total. The summed E-state index contributed by atoms with van der Waals surface area (Å²) in [4.78, 5) is 28.5. The van der Waals surface area contributed by atoms with E-state index in [1.165, 1.54) is 12.3 Å². The Morgan fingerprint density at radius 3 is 2.56 bits per heavy atom. The maximum absolute atomic E-state index is 12.3. The van der Waals surface area contributed by atoms with Gasteiger partial charge in [-0.25, -0.2) is 0 Å². The summed E-state index contributed by atoms with van der Waals surface area (Å²) in [6.07, 6.45) is 2.39. The van der Waals surface area contributed by atoms with Gasteiger partial charge in [-0.2, -0.15) is 0 Å². The SMILES string of the molecule is Cc1ccccc1CNC(=O)c1ccnc(C(=O)NCCC(C)C)c1. The van der Waals surface area contributed by atoms with Crippen LogP contribution in [0.25, 0.3) is 0 Å². The quantitative estimate of drug-likeness (QED) is 0.814. The zero-order chi connectivity index (χ0) is 18.2. The van der Waals surface area contributed by atoms with Crippen LogP contribution in [0.15, 0.2) is 42.6 Å². The van der Waals surface area contributed by atoms with Crippen molar-refractivity contribution in [3.63, 3.8) is 0 Å². The Labute approximate surface area is 148 Å². The van der Waals surface area contributed by atoms with Crippen molar-refractivity contribution >= 4 is 11.8 Å². The van der Waals surface area contributed by atoms with Gasteiger partial charge in [-0.3, -0.25) is 14.6 Å². The van der Waals surface area contributed by atoms with E-state index in [1.807, 2.05) is 31.2 Å². The fourth-order valence-corrected chi connectivity index (χ4v) is 2.35. The molecule has 0 unspecified atom stereocenters. The monoisotopic (exact) mass is 339 g/mol. The molecular weight excluding hydrogens is 314 g/mol. The first-order valence-electron chi connectivity index (χ1n) is 8.54. The van der Waals surface area contributed by atoms with E-state index in [1.54, 1.807) is 6.07 Å². The molecule has 132 valence electrons. The summed E-state index contributed by atoms with van der Waals surface area (Å²) in [5.74, 6) is 0.0444. The number of nitrogens with one attached hydrogen (secondary N) is 2. The van der Waals surface area contributed by atoms with Crippen molar-refractivity contribution in [3.8, 4) is 0 Å². The second kappa shape index (κ2) is 8.97. The first-order chi connectivity index (χ1) is 12.0. The molecular formula is C20H25N3O2. The third kappa shape index (κ3) is 5.71. The van der Waals surface area contributed by atoms with Gasteiger partial charge >= 0.3 is 0 Å². The van der Waals surface area contributed by atoms with Gasteiger partial charge in [-0.1, -0.05) is 38.1 Å². The molecule has 25 heavy (non-hydrogen) atoms. The molecule has 5 nitrogen and oxygen atoms in total. The van der Waals surface area contributed by atoms with Gasteiger partial charge in [0.2, 0.25) is 0 Å². The summed E-state index contributed by atoms with van der Waals surface area (Å²) in [7, 11) is 0. The van der Waals surface area contributed by atoms with Gasteiger partial charge in [-0.05, 0) is 42.5 Å². The molecule has 0 bridgehead atoms. The van der Waals surface area contributed by atoms with Gasteiger partial charge < -0.3 is 10.6 Å². The molecule has 2 aromatic rings. The van der Waals surface area contributed by atoms with Crippen LogP contribution >= 0.6 is 0 Å². The number of aromatic nitrogens is 1. The number of benzene rings is 1. The Bertz CT molecular complexity index is 741. The van der Waals surface area contributed by atoms with Gasteiger partial charge in [0.25, 0.3) is 11.8 Å². The van der Waals surface area contributed by atoms with E-state index >= 15 is 0 Å². The minimum Gasteiger partial charge on any atom is -0.351 e. The second-order valence-corrected chi connectivity index (χ2v) is 6.48. The summed E-state index contributed by atoms with van der Waals surface area (Å²) in [5, 5.41) is 5.71. The Morgan fingerprint density at radius 1 is 1.08 bits per heavy atom. The number of carbonyl (C=O) groups is 2. The molecule has 0 spiro atoms. The highest BCUT2D eigenvalue weighted by Gasteiger charge is 2.12. The number of carbonyl (C=O) groups excluding carboxylic acids is 2. The molecule has 0 atom stereocenters. The predicted molar refractivity (Wildman–Crippen MR) is 98.4 cm³/mol. The summed E-state index contributed by atoms with van der Waals surface area (Å²) in [6.45, 7) is 7.26. The normalized spacial score (nSPS) is 10.6. The predicted octanol–water partition coefficient (Wildman–Crippen LogP) is 3.10. The van der Waals surface area contributed by atoms with Crippen molar-refractivity contribution in [2.75, 3.05) is 6.54 Å². The van der Waals surface area contributed by atoms with Crippen molar-refractivity contribution in [1.29, 1.82) is 0 Å². The van der Waals surface area contributed by atoms with E-state index in [4.69, 9.17) is 0 Å². The van der Waals surface area contributed by atoms with E-state index < -0.39 is 0 Å². The molecule has 2 rings (SSSR count). The highest BCUT2D eigenvalue weighted by molar-refractivity contribution is 5.98. The summed E-state index contributed by atoms with van der Waals surface area (Å²) in [5.41, 5.74) is 2.88. The molecule has 0 saturated heterocycles. The van der Waals surface area contributed by atoms with Crippen LogP contribution in [0, 0.1) is 12.8 Å². The van der Waals surface area contributed by atoms with E-state index in [0.29, 0.717) is 24.6 Å². The second-order valence-electron chi connectivity index (χ2n) is 6.48. The van der Waals surface area contributed by atoms with Crippen LogP contribution in [0.2, 0.25) is 0 Å². The van der Waals surface area contributed by atoms with Crippen molar-refractivity contribution in [3.05, 3.63) is 65.0 Å². The maximum Gasteiger partial charge on any atom is 0.269 e. The fraction of sp³-hybridized carbons (Fsp3) is 0.350. The first kappa shape index (κ1) is 18.6. The van der Waals surface area contributed by atoms with Crippen LogP contribution in [0.4, 0.5) is 0 Å². The van der Waals surface area contributed by atoms with Gasteiger partial charge in [0.1, 0.15) is 5.69 Å². The lowest BCUT2D eigenvalue weighted by molar-refractivity contribution is 0.0947. The molecule has 0 aliphatic carbocycles. The average molecular weight is 339 g/mol. The topological polar surface area (TPSA) is 71.1 Å². The Kier molecular flexibility index (Phi) is 6.69. The number of nitrogens with zero attached hydrogens (tertiary/aromatic N) is 1. The lowest BCUT2D eigenvalue weighted by atomic mass is 10.1. The fourth-order valence-electron chi connectivity index (χ4n) is 2.35. The number of amides is 2. The Balaban J connectivity index is 1.96. The van der Waals surface area contributed by atoms with E-state index in [0.717, 1.165) is 17.5 Å². The molecule has 2 amide bonds. The molecule has 5 heteroatoms. The van der Waals surface area contributed by atoms with Crippen LogP contribution in [0.5, 0.6) is 0 Å².